The summed E-state index contributed by atoms with van der Waals surface area (Å²) in [5.41, 5.74) is 7.29. The first kappa shape index (κ1) is 21.1. The Balaban J connectivity index is 1.23. The Morgan fingerprint density at radius 1 is 0.622 bits per heavy atom. The third-order valence-electron chi connectivity index (χ3n) is 6.53. The average Bonchev–Trinajstić information content (AvgIpc) is 3.47. The van der Waals surface area contributed by atoms with E-state index in [1.165, 1.54) is 11.1 Å². The molecule has 0 bridgehead atoms. The highest BCUT2D eigenvalue weighted by Gasteiger charge is 2.26. The van der Waals surface area contributed by atoms with Crippen LogP contribution in [-0.2, 0) is 0 Å². The van der Waals surface area contributed by atoms with Crippen LogP contribution in [0.2, 0.25) is 0 Å². The van der Waals surface area contributed by atoms with Crippen molar-refractivity contribution in [3.8, 4) is 45.3 Å². The Bertz CT molecular complexity index is 1660. The summed E-state index contributed by atoms with van der Waals surface area (Å²) in [5.74, 6) is 3.10. The van der Waals surface area contributed by atoms with Gasteiger partial charge in [0.25, 0.3) is 0 Å². The molecule has 1 N–H and O–H groups in total. The molecule has 0 radical (unpaired) electrons. The first-order valence-electron chi connectivity index (χ1n) is 12.2. The zero-order valence-corrected chi connectivity index (χ0v) is 19.9. The summed E-state index contributed by atoms with van der Waals surface area (Å²) < 4.78 is 6.11. The highest BCUT2D eigenvalue weighted by atomic mass is 16.5. The molecule has 0 saturated carbocycles. The molecule has 2 aromatic heterocycles. The predicted molar refractivity (Wildman–Crippen MR) is 147 cm³/mol. The van der Waals surface area contributed by atoms with E-state index in [1.54, 1.807) is 6.20 Å². The first-order valence-corrected chi connectivity index (χ1v) is 12.2. The number of imidazole rings is 1. The van der Waals surface area contributed by atoms with E-state index in [9.17, 15) is 0 Å². The van der Waals surface area contributed by atoms with Crippen LogP contribution in [0.5, 0.6) is 11.5 Å². The third-order valence-corrected chi connectivity index (χ3v) is 6.53. The zero-order valence-electron chi connectivity index (χ0n) is 19.9. The molecule has 1 aliphatic heterocycles. The van der Waals surface area contributed by atoms with E-state index in [1.807, 2.05) is 54.7 Å². The predicted octanol–water partition coefficient (Wildman–Crippen LogP) is 8.38. The average molecular weight is 479 g/mol. The highest BCUT2D eigenvalue weighted by Crippen LogP contribution is 2.49. The fraction of sp³-hybridized carbons (Fsp3) is 0. The van der Waals surface area contributed by atoms with Gasteiger partial charge in [-0.25, -0.2) is 9.97 Å². The van der Waals surface area contributed by atoms with Gasteiger partial charge in [-0.05, 0) is 47.5 Å². The number of fused-ring (bicyclic) bond motifs is 2. The summed E-state index contributed by atoms with van der Waals surface area (Å²) in [6.07, 6.45) is 3.75. The fourth-order valence-electron chi connectivity index (χ4n) is 4.73. The number of rotatable bonds is 4. The van der Waals surface area contributed by atoms with Crippen molar-refractivity contribution in [2.45, 2.75) is 0 Å². The smallest absolute Gasteiger partial charge is 0.181 e. The second-order valence-corrected chi connectivity index (χ2v) is 8.86. The van der Waals surface area contributed by atoms with Crippen molar-refractivity contribution in [2.75, 3.05) is 4.90 Å². The zero-order chi connectivity index (χ0) is 24.6. The van der Waals surface area contributed by atoms with Gasteiger partial charge in [0.1, 0.15) is 5.82 Å². The van der Waals surface area contributed by atoms with Gasteiger partial charge < -0.3 is 9.72 Å². The van der Waals surface area contributed by atoms with Crippen LogP contribution in [-0.4, -0.2) is 15.0 Å². The van der Waals surface area contributed by atoms with Crippen LogP contribution in [0.4, 0.5) is 17.2 Å². The summed E-state index contributed by atoms with van der Waals surface area (Å²) in [4.78, 5) is 15.0. The largest absolute Gasteiger partial charge is 0.451 e. The summed E-state index contributed by atoms with van der Waals surface area (Å²) in [7, 11) is 0. The lowest BCUT2D eigenvalue weighted by Crippen LogP contribution is -2.17. The summed E-state index contributed by atoms with van der Waals surface area (Å²) >= 11 is 0. The van der Waals surface area contributed by atoms with E-state index >= 15 is 0 Å². The molecule has 0 atom stereocenters. The molecule has 1 aliphatic rings. The molecule has 37 heavy (non-hydrogen) atoms. The number of nitrogens with one attached hydrogen (secondary N) is 1. The van der Waals surface area contributed by atoms with E-state index in [4.69, 9.17) is 9.72 Å². The van der Waals surface area contributed by atoms with Gasteiger partial charge in [0.15, 0.2) is 17.3 Å². The quantitative estimate of drug-likeness (QED) is 0.276. The highest BCUT2D eigenvalue weighted by molar-refractivity contribution is 5.85. The Hall–Kier alpha value is -5.16. The number of hydrogen-bond donors (Lipinski definition) is 1. The number of aromatic nitrogens is 3. The molecule has 3 heterocycles. The standard InChI is InChI=1S/C32H22N4O/c1-2-8-22(9-3-1)23-15-17-24(18-16-23)27-21-34-31(35-27)25-10-6-11-26(20-25)36-28-12-4-5-13-29(28)37-30-14-7-19-33-32(30)36/h1-21H,(H,34,35). The molecule has 5 heteroatoms. The van der Waals surface area contributed by atoms with E-state index in [-0.39, 0.29) is 0 Å². The maximum absolute atomic E-state index is 6.11. The number of hydrogen-bond acceptors (Lipinski definition) is 4. The van der Waals surface area contributed by atoms with Crippen molar-refractivity contribution in [1.82, 2.24) is 15.0 Å². The fourth-order valence-corrected chi connectivity index (χ4v) is 4.73. The van der Waals surface area contributed by atoms with Crippen LogP contribution >= 0.6 is 0 Å². The van der Waals surface area contributed by atoms with Crippen LogP contribution in [0.1, 0.15) is 0 Å². The summed E-state index contributed by atoms with van der Waals surface area (Å²) in [6.45, 7) is 0. The van der Waals surface area contributed by atoms with Crippen LogP contribution < -0.4 is 9.64 Å². The molecular formula is C32H22N4O. The minimum atomic E-state index is 0.728. The lowest BCUT2D eigenvalue weighted by molar-refractivity contribution is 0.474. The molecule has 0 amide bonds. The normalized spacial score (nSPS) is 11.9. The van der Waals surface area contributed by atoms with Gasteiger partial charge in [-0.3, -0.25) is 4.90 Å². The lowest BCUT2D eigenvalue weighted by Gasteiger charge is -2.31. The Labute approximate surface area is 214 Å². The van der Waals surface area contributed by atoms with E-state index in [0.717, 1.165) is 51.3 Å². The van der Waals surface area contributed by atoms with E-state index < -0.39 is 0 Å². The van der Waals surface area contributed by atoms with Crippen LogP contribution in [0.25, 0.3) is 33.8 Å². The third kappa shape index (κ3) is 3.83. The van der Waals surface area contributed by atoms with Crippen molar-refractivity contribution < 1.29 is 4.74 Å². The summed E-state index contributed by atoms with van der Waals surface area (Å²) in [6, 6.07) is 39.1. The maximum atomic E-state index is 6.11. The monoisotopic (exact) mass is 478 g/mol. The molecule has 0 spiro atoms. The van der Waals surface area contributed by atoms with Crippen molar-refractivity contribution in [2.24, 2.45) is 0 Å². The Morgan fingerprint density at radius 2 is 1.35 bits per heavy atom. The molecule has 0 aliphatic carbocycles. The number of nitrogens with zero attached hydrogens (tertiary/aromatic N) is 3. The second kappa shape index (κ2) is 8.81. The number of benzene rings is 4. The number of ether oxygens (including phenoxy) is 1. The molecule has 5 nitrogen and oxygen atoms in total. The van der Waals surface area contributed by atoms with Gasteiger partial charge in [0, 0.05) is 29.2 Å². The lowest BCUT2D eigenvalue weighted by atomic mass is 10.0. The Morgan fingerprint density at radius 3 is 2.24 bits per heavy atom. The van der Waals surface area contributed by atoms with Crippen molar-refractivity contribution >= 4 is 17.2 Å². The first-order chi connectivity index (χ1) is 18.3. The van der Waals surface area contributed by atoms with Crippen molar-refractivity contribution in [1.29, 1.82) is 0 Å². The van der Waals surface area contributed by atoms with Crippen LogP contribution in [0, 0.1) is 0 Å². The van der Waals surface area contributed by atoms with Gasteiger partial charge in [-0.15, -0.1) is 0 Å². The number of para-hydroxylation sites is 2. The molecule has 4 aromatic carbocycles. The minimum Gasteiger partial charge on any atom is -0.451 e. The molecule has 0 unspecified atom stereocenters. The van der Waals surface area contributed by atoms with Gasteiger partial charge in [0.2, 0.25) is 0 Å². The molecule has 6 aromatic rings. The van der Waals surface area contributed by atoms with Gasteiger partial charge >= 0.3 is 0 Å². The number of pyridine rings is 1. The summed E-state index contributed by atoms with van der Waals surface area (Å²) in [5, 5.41) is 0. The minimum absolute atomic E-state index is 0.728. The van der Waals surface area contributed by atoms with Crippen molar-refractivity contribution in [3.05, 3.63) is 128 Å². The van der Waals surface area contributed by atoms with E-state index in [0.29, 0.717) is 0 Å². The van der Waals surface area contributed by atoms with Gasteiger partial charge in [0.05, 0.1) is 11.4 Å². The van der Waals surface area contributed by atoms with Crippen molar-refractivity contribution in [3.63, 3.8) is 0 Å². The van der Waals surface area contributed by atoms with Gasteiger partial charge in [-0.2, -0.15) is 0 Å². The van der Waals surface area contributed by atoms with Crippen LogP contribution in [0.3, 0.4) is 0 Å². The van der Waals surface area contributed by atoms with E-state index in [2.05, 4.69) is 81.6 Å². The molecular weight excluding hydrogens is 456 g/mol. The molecule has 0 saturated heterocycles. The number of H-pyrrole nitrogens is 1. The molecule has 7 rings (SSSR count). The Kier molecular flexibility index (Phi) is 5.03. The molecule has 176 valence electrons. The topological polar surface area (TPSA) is 54.0 Å². The van der Waals surface area contributed by atoms with Gasteiger partial charge in [-0.1, -0.05) is 78.9 Å². The molecule has 0 fully saturated rings. The maximum Gasteiger partial charge on any atom is 0.181 e. The number of aromatic amines is 1. The van der Waals surface area contributed by atoms with Crippen LogP contribution in [0.15, 0.2) is 128 Å². The SMILES string of the molecule is c1ccc(-c2ccc(-c3c[nH]c(-c4cccc(N5c6ccccc6Oc6cccnc65)c4)n3)cc2)cc1. The second-order valence-electron chi connectivity index (χ2n) is 8.86. The number of anilines is 3.